The van der Waals surface area contributed by atoms with E-state index in [9.17, 15) is 17.2 Å². The zero-order valence-electron chi connectivity index (χ0n) is 7.86. The third-order valence-corrected chi connectivity index (χ3v) is 4.04. The number of hydrogen-bond donors (Lipinski definition) is 0. The zero-order chi connectivity index (χ0) is 11.1. The number of nitrogens with zero attached hydrogens (tertiary/aromatic N) is 1. The van der Waals surface area contributed by atoms with Crippen molar-refractivity contribution in [2.24, 2.45) is 0 Å². The van der Waals surface area contributed by atoms with E-state index in [-0.39, 0.29) is 13.1 Å². The van der Waals surface area contributed by atoms with E-state index in [1.54, 1.807) is 0 Å². The van der Waals surface area contributed by atoms with Gasteiger partial charge in [-0.15, -0.1) is 0 Å². The van der Waals surface area contributed by atoms with Crippen molar-refractivity contribution >= 4 is 10.0 Å². The third kappa shape index (κ3) is 1.86. The van der Waals surface area contributed by atoms with Gasteiger partial charge in [-0.05, 0) is 0 Å². The minimum absolute atomic E-state index is 0.0205. The highest BCUT2D eigenvalue weighted by molar-refractivity contribution is 7.89. The highest BCUT2D eigenvalue weighted by Gasteiger charge is 2.48. The van der Waals surface area contributed by atoms with Gasteiger partial charge in [0.2, 0.25) is 0 Å². The Labute approximate surface area is 86.0 Å². The monoisotopic (exact) mass is 243 g/mol. The Morgan fingerprint density at radius 2 is 1.87 bits per heavy atom. The molecule has 1 spiro atoms. The smallest absolute Gasteiger partial charge is 0.346 e. The van der Waals surface area contributed by atoms with E-state index in [4.69, 9.17) is 9.47 Å². The molecule has 0 amide bonds. The summed E-state index contributed by atoms with van der Waals surface area (Å²) in [6.45, 7) is 0.636. The van der Waals surface area contributed by atoms with Crippen LogP contribution in [0.15, 0.2) is 0 Å². The Morgan fingerprint density at radius 3 is 2.40 bits per heavy atom. The van der Waals surface area contributed by atoms with Crippen molar-refractivity contribution in [1.29, 1.82) is 0 Å². The fourth-order valence-electron chi connectivity index (χ4n) is 1.78. The summed E-state index contributed by atoms with van der Waals surface area (Å²) in [6, 6.07) is 0. The van der Waals surface area contributed by atoms with Crippen molar-refractivity contribution in [3.8, 4) is 0 Å². The van der Waals surface area contributed by atoms with Gasteiger partial charge in [0.25, 0.3) is 10.0 Å². The third-order valence-electron chi connectivity index (χ3n) is 2.56. The van der Waals surface area contributed by atoms with Gasteiger partial charge < -0.3 is 9.47 Å². The fraction of sp³-hybridized carbons (Fsp3) is 1.00. The second-order valence-electron chi connectivity index (χ2n) is 3.50. The van der Waals surface area contributed by atoms with Crippen molar-refractivity contribution in [3.05, 3.63) is 0 Å². The van der Waals surface area contributed by atoms with E-state index in [1.165, 1.54) is 0 Å². The lowest BCUT2D eigenvalue weighted by molar-refractivity contribution is -0.142. The van der Waals surface area contributed by atoms with Crippen LogP contribution in [-0.4, -0.2) is 50.6 Å². The molecule has 0 radical (unpaired) electrons. The van der Waals surface area contributed by atoms with Crippen LogP contribution in [0.4, 0.5) is 8.78 Å². The highest BCUT2D eigenvalue weighted by atomic mass is 32.2. The first-order valence-corrected chi connectivity index (χ1v) is 6.02. The molecule has 2 fully saturated rings. The molecule has 0 aromatic heterocycles. The average molecular weight is 243 g/mol. The van der Waals surface area contributed by atoms with Crippen LogP contribution in [0.2, 0.25) is 0 Å². The van der Waals surface area contributed by atoms with Crippen molar-refractivity contribution in [2.75, 3.05) is 26.3 Å². The van der Waals surface area contributed by atoms with Crippen molar-refractivity contribution in [1.82, 2.24) is 4.31 Å². The van der Waals surface area contributed by atoms with Gasteiger partial charge in [0.15, 0.2) is 5.79 Å². The van der Waals surface area contributed by atoms with Gasteiger partial charge in [-0.2, -0.15) is 13.1 Å². The Kier molecular flexibility index (Phi) is 2.70. The number of sulfonamides is 1. The molecule has 2 rings (SSSR count). The molecular formula is C7H11F2NO4S. The van der Waals surface area contributed by atoms with Crippen molar-refractivity contribution in [2.45, 2.75) is 18.0 Å². The second kappa shape index (κ2) is 3.62. The molecule has 8 heteroatoms. The fourth-order valence-corrected chi connectivity index (χ4v) is 2.73. The molecule has 0 saturated carbocycles. The molecule has 0 aromatic carbocycles. The minimum atomic E-state index is -4.50. The van der Waals surface area contributed by atoms with Crippen LogP contribution in [-0.2, 0) is 19.5 Å². The highest BCUT2D eigenvalue weighted by Crippen LogP contribution is 2.32. The molecule has 2 aliphatic heterocycles. The molecule has 2 heterocycles. The molecule has 0 bridgehead atoms. The van der Waals surface area contributed by atoms with Gasteiger partial charge in [0.05, 0.1) is 19.8 Å². The maximum atomic E-state index is 12.2. The number of hydrogen-bond acceptors (Lipinski definition) is 4. The van der Waals surface area contributed by atoms with E-state index < -0.39 is 21.6 Å². The normalized spacial score (nSPS) is 26.9. The topological polar surface area (TPSA) is 55.8 Å². The van der Waals surface area contributed by atoms with Gasteiger partial charge in [0, 0.05) is 13.0 Å². The lowest BCUT2D eigenvalue weighted by Gasteiger charge is -2.21. The maximum absolute atomic E-state index is 12.2. The SMILES string of the molecule is O=S(=O)(C(F)F)N1CCC2(C1)OCCO2. The molecule has 2 saturated heterocycles. The average Bonchev–Trinajstić information content (AvgIpc) is 2.77. The summed E-state index contributed by atoms with van der Waals surface area (Å²) in [6.07, 6.45) is 0.305. The molecule has 88 valence electrons. The van der Waals surface area contributed by atoms with Crippen LogP contribution >= 0.6 is 0 Å². The van der Waals surface area contributed by atoms with E-state index in [0.717, 1.165) is 4.31 Å². The molecule has 2 aliphatic rings. The molecule has 0 aromatic rings. The predicted octanol–water partition coefficient (Wildman–Crippen LogP) is -0.0124. The Bertz CT molecular complexity index is 339. The van der Waals surface area contributed by atoms with Gasteiger partial charge in [-0.1, -0.05) is 0 Å². The summed E-state index contributed by atoms with van der Waals surface area (Å²) >= 11 is 0. The summed E-state index contributed by atoms with van der Waals surface area (Å²) in [4.78, 5) is 0. The molecule has 0 unspecified atom stereocenters. The van der Waals surface area contributed by atoms with Crippen molar-refractivity contribution < 1.29 is 26.7 Å². The summed E-state index contributed by atoms with van der Waals surface area (Å²) in [7, 11) is -4.50. The van der Waals surface area contributed by atoms with Crippen LogP contribution in [0.25, 0.3) is 0 Å². The molecule has 0 atom stereocenters. The van der Waals surface area contributed by atoms with Crippen LogP contribution in [0.5, 0.6) is 0 Å². The summed E-state index contributed by atoms with van der Waals surface area (Å²) in [5.74, 6) is -4.36. The largest absolute Gasteiger partial charge is 0.350 e. The quantitative estimate of drug-likeness (QED) is 0.684. The standard InChI is InChI=1S/C7H11F2NO4S/c8-6(9)15(11,12)10-2-1-7(5-10)13-3-4-14-7/h6H,1-5H2. The first-order chi connectivity index (χ1) is 6.96. The van der Waals surface area contributed by atoms with Crippen LogP contribution < -0.4 is 0 Å². The van der Waals surface area contributed by atoms with Crippen LogP contribution in [0.3, 0.4) is 0 Å². The first kappa shape index (κ1) is 11.2. The van der Waals surface area contributed by atoms with E-state index >= 15 is 0 Å². The zero-order valence-corrected chi connectivity index (χ0v) is 8.67. The molecule has 15 heavy (non-hydrogen) atoms. The van der Waals surface area contributed by atoms with Gasteiger partial charge in [-0.25, -0.2) is 8.42 Å². The summed E-state index contributed by atoms with van der Waals surface area (Å²) < 4.78 is 57.9. The molecular weight excluding hydrogens is 232 g/mol. The molecule has 5 nitrogen and oxygen atoms in total. The van der Waals surface area contributed by atoms with E-state index in [1.807, 2.05) is 0 Å². The first-order valence-electron chi connectivity index (χ1n) is 4.51. The maximum Gasteiger partial charge on any atom is 0.350 e. The molecule has 0 N–H and O–H groups in total. The number of halogens is 2. The summed E-state index contributed by atoms with van der Waals surface area (Å²) in [5.41, 5.74) is 0. The lowest BCUT2D eigenvalue weighted by atomic mass is 10.2. The Balaban J connectivity index is 2.10. The number of alkyl halides is 2. The van der Waals surface area contributed by atoms with Gasteiger partial charge in [-0.3, -0.25) is 0 Å². The van der Waals surface area contributed by atoms with E-state index in [2.05, 4.69) is 0 Å². The van der Waals surface area contributed by atoms with Gasteiger partial charge in [0.1, 0.15) is 0 Å². The predicted molar refractivity (Wildman–Crippen MR) is 45.7 cm³/mol. The lowest BCUT2D eigenvalue weighted by Crippen LogP contribution is -2.39. The van der Waals surface area contributed by atoms with Crippen molar-refractivity contribution in [3.63, 3.8) is 0 Å². The second-order valence-corrected chi connectivity index (χ2v) is 5.40. The van der Waals surface area contributed by atoms with E-state index in [0.29, 0.717) is 19.6 Å². The van der Waals surface area contributed by atoms with Gasteiger partial charge >= 0.3 is 5.76 Å². The van der Waals surface area contributed by atoms with Crippen LogP contribution in [0, 0.1) is 0 Å². The number of ether oxygens (including phenoxy) is 2. The number of rotatable bonds is 2. The Morgan fingerprint density at radius 1 is 1.27 bits per heavy atom. The minimum Gasteiger partial charge on any atom is -0.346 e. The van der Waals surface area contributed by atoms with Crippen LogP contribution in [0.1, 0.15) is 6.42 Å². The Hall–Kier alpha value is -0.310. The summed E-state index contributed by atoms with van der Waals surface area (Å²) in [5, 5.41) is 0. The molecule has 0 aliphatic carbocycles.